The molecule has 41 heavy (non-hydrogen) atoms. The number of benzene rings is 1. The van der Waals surface area contributed by atoms with Gasteiger partial charge in [-0.2, -0.15) is 10.1 Å². The first-order chi connectivity index (χ1) is 20.0. The zero-order valence-corrected chi connectivity index (χ0v) is 24.0. The Morgan fingerprint density at radius 2 is 1.66 bits per heavy atom. The van der Waals surface area contributed by atoms with Crippen molar-refractivity contribution >= 4 is 28.9 Å². The topological polar surface area (TPSA) is 106 Å². The lowest BCUT2D eigenvalue weighted by Gasteiger charge is -2.36. The van der Waals surface area contributed by atoms with Crippen LogP contribution in [0.25, 0.3) is 22.3 Å². The van der Waals surface area contributed by atoms with Crippen molar-refractivity contribution in [3.8, 4) is 11.3 Å². The molecule has 11 nitrogen and oxygen atoms in total. The molecule has 0 bridgehead atoms. The molecule has 0 atom stereocenters. The second-order valence-corrected chi connectivity index (χ2v) is 11.4. The summed E-state index contributed by atoms with van der Waals surface area (Å²) in [5, 5.41) is 5.74. The molecule has 3 aliphatic rings. The maximum Gasteiger partial charge on any atom is 0.309 e. The van der Waals surface area contributed by atoms with Crippen molar-refractivity contribution in [2.75, 3.05) is 71.5 Å². The molecular formula is C30H39N7O4. The van der Waals surface area contributed by atoms with Crippen molar-refractivity contribution in [1.82, 2.24) is 29.5 Å². The van der Waals surface area contributed by atoms with Crippen molar-refractivity contribution in [3.63, 3.8) is 0 Å². The summed E-state index contributed by atoms with van der Waals surface area (Å²) in [6.45, 7) is 6.30. The molecule has 3 aromatic rings. The molecule has 1 amide bonds. The van der Waals surface area contributed by atoms with Crippen LogP contribution in [0.5, 0.6) is 0 Å². The molecule has 0 spiro atoms. The van der Waals surface area contributed by atoms with Gasteiger partial charge in [-0.15, -0.1) is 0 Å². The van der Waals surface area contributed by atoms with Crippen LogP contribution in [0.15, 0.2) is 30.5 Å². The third-order valence-corrected chi connectivity index (χ3v) is 8.75. The Kier molecular flexibility index (Phi) is 8.16. The molecule has 1 saturated carbocycles. The monoisotopic (exact) mass is 561 g/mol. The molecule has 218 valence electrons. The Morgan fingerprint density at radius 1 is 0.951 bits per heavy atom. The molecule has 1 aromatic carbocycles. The van der Waals surface area contributed by atoms with Gasteiger partial charge in [0.25, 0.3) is 0 Å². The van der Waals surface area contributed by atoms with Crippen molar-refractivity contribution in [1.29, 1.82) is 0 Å². The Bertz CT molecular complexity index is 1370. The molecule has 2 saturated heterocycles. The number of methoxy groups -OCH3 is 1. The van der Waals surface area contributed by atoms with Crippen LogP contribution in [0.3, 0.4) is 0 Å². The van der Waals surface area contributed by atoms with Gasteiger partial charge in [-0.05, 0) is 38.3 Å². The van der Waals surface area contributed by atoms with Crippen LogP contribution in [-0.2, 0) is 25.5 Å². The van der Waals surface area contributed by atoms with Gasteiger partial charge in [0.1, 0.15) is 0 Å². The Balaban J connectivity index is 1.26. The van der Waals surface area contributed by atoms with E-state index in [4.69, 9.17) is 24.5 Å². The summed E-state index contributed by atoms with van der Waals surface area (Å²) >= 11 is 0. The maximum atomic E-state index is 13.2. The van der Waals surface area contributed by atoms with Crippen LogP contribution in [0.1, 0.15) is 37.3 Å². The van der Waals surface area contributed by atoms with Crippen molar-refractivity contribution < 1.29 is 19.1 Å². The average Bonchev–Trinajstić information content (AvgIpc) is 3.45. The largest absolute Gasteiger partial charge is 0.469 e. The first kappa shape index (κ1) is 27.6. The number of hydrogen-bond acceptors (Lipinski definition) is 9. The molecule has 0 radical (unpaired) electrons. The average molecular weight is 562 g/mol. The minimum Gasteiger partial charge on any atom is -0.469 e. The number of amides is 1. The summed E-state index contributed by atoms with van der Waals surface area (Å²) in [5.74, 6) is 0.818. The van der Waals surface area contributed by atoms with Gasteiger partial charge in [0, 0.05) is 50.7 Å². The number of piperazine rings is 1. The van der Waals surface area contributed by atoms with Crippen LogP contribution in [-0.4, -0.2) is 108 Å². The van der Waals surface area contributed by atoms with E-state index in [0.717, 1.165) is 92.8 Å². The number of esters is 1. The molecule has 0 unspecified atom stereocenters. The zero-order valence-electron chi connectivity index (χ0n) is 24.0. The van der Waals surface area contributed by atoms with Crippen LogP contribution in [0, 0.1) is 5.92 Å². The van der Waals surface area contributed by atoms with Crippen LogP contribution < -0.4 is 4.90 Å². The van der Waals surface area contributed by atoms with E-state index in [1.54, 1.807) is 0 Å². The lowest BCUT2D eigenvalue weighted by Crippen LogP contribution is -2.49. The van der Waals surface area contributed by atoms with E-state index in [0.29, 0.717) is 25.1 Å². The number of fused-ring (bicyclic) bond motifs is 1. The lowest BCUT2D eigenvalue weighted by atomic mass is 9.85. The summed E-state index contributed by atoms with van der Waals surface area (Å²) in [4.78, 5) is 41.5. The highest BCUT2D eigenvalue weighted by Crippen LogP contribution is 2.36. The summed E-state index contributed by atoms with van der Waals surface area (Å²) in [5.41, 5.74) is 3.48. The zero-order chi connectivity index (χ0) is 28.3. The number of carbonyl (C=O) groups is 2. The number of ether oxygens (including phenoxy) is 2. The summed E-state index contributed by atoms with van der Waals surface area (Å²) in [6, 6.07) is 8.06. The number of morpholine rings is 1. The van der Waals surface area contributed by atoms with E-state index < -0.39 is 0 Å². The first-order valence-corrected chi connectivity index (χ1v) is 14.7. The molecule has 1 aliphatic carbocycles. The molecular weight excluding hydrogens is 522 g/mol. The van der Waals surface area contributed by atoms with E-state index >= 15 is 0 Å². The fraction of sp³-hybridized carbons (Fsp3) is 0.567. The normalized spacial score (nSPS) is 22.2. The Hall–Kier alpha value is -3.57. The van der Waals surface area contributed by atoms with Crippen molar-refractivity contribution in [2.24, 2.45) is 5.92 Å². The predicted molar refractivity (Wildman–Crippen MR) is 155 cm³/mol. The van der Waals surface area contributed by atoms with E-state index in [1.165, 1.54) is 7.11 Å². The first-order valence-electron chi connectivity index (χ1n) is 14.7. The van der Waals surface area contributed by atoms with Gasteiger partial charge >= 0.3 is 5.97 Å². The van der Waals surface area contributed by atoms with E-state index in [2.05, 4.69) is 26.4 Å². The van der Waals surface area contributed by atoms with Crippen molar-refractivity contribution in [2.45, 2.75) is 38.1 Å². The molecule has 3 fully saturated rings. The minimum absolute atomic E-state index is 0.0917. The van der Waals surface area contributed by atoms with Gasteiger partial charge in [0.05, 0.1) is 50.1 Å². The second kappa shape index (κ2) is 12.1. The smallest absolute Gasteiger partial charge is 0.309 e. The number of rotatable bonds is 6. The standard InChI is InChI=1S/C30H39N7O4/c1-34-11-13-35(14-12-34)29(39)23-7-9-24(10-8-23)37-28-25(20-31-37)27(32-30(33-28)36-15-17-41-18-16-36)22-5-3-21(4-6-22)19-26(38)40-2/h3-6,20,23-24H,7-19H2,1-2H3. The minimum atomic E-state index is -0.266. The van der Waals surface area contributed by atoms with E-state index in [-0.39, 0.29) is 24.3 Å². The fourth-order valence-corrected chi connectivity index (χ4v) is 6.18. The van der Waals surface area contributed by atoms with Gasteiger partial charge in [0.2, 0.25) is 11.9 Å². The van der Waals surface area contributed by atoms with Crippen molar-refractivity contribution in [3.05, 3.63) is 36.0 Å². The molecule has 6 rings (SSSR count). The quantitative estimate of drug-likeness (QED) is 0.420. The predicted octanol–water partition coefficient (Wildman–Crippen LogP) is 2.55. The van der Waals surface area contributed by atoms with Gasteiger partial charge in [0.15, 0.2) is 5.65 Å². The highest BCUT2D eigenvalue weighted by molar-refractivity contribution is 5.91. The maximum absolute atomic E-state index is 13.2. The lowest BCUT2D eigenvalue weighted by molar-refractivity contribution is -0.140. The number of anilines is 1. The Morgan fingerprint density at radius 3 is 2.34 bits per heavy atom. The Labute approximate surface area is 240 Å². The van der Waals surface area contributed by atoms with Gasteiger partial charge < -0.3 is 24.2 Å². The fourth-order valence-electron chi connectivity index (χ4n) is 6.18. The number of nitrogens with zero attached hydrogens (tertiary/aromatic N) is 7. The van der Waals surface area contributed by atoms with E-state index in [9.17, 15) is 9.59 Å². The van der Waals surface area contributed by atoms with Gasteiger partial charge in [-0.25, -0.2) is 9.67 Å². The summed E-state index contributed by atoms with van der Waals surface area (Å²) in [6.07, 6.45) is 5.63. The van der Waals surface area contributed by atoms with E-state index in [1.807, 2.05) is 30.5 Å². The van der Waals surface area contributed by atoms with Crippen LogP contribution in [0.4, 0.5) is 5.95 Å². The van der Waals surface area contributed by atoms with Gasteiger partial charge in [-0.3, -0.25) is 9.59 Å². The highest BCUT2D eigenvalue weighted by Gasteiger charge is 2.32. The van der Waals surface area contributed by atoms with Gasteiger partial charge in [-0.1, -0.05) is 24.3 Å². The molecule has 0 N–H and O–H groups in total. The molecule has 2 aromatic heterocycles. The van der Waals surface area contributed by atoms with Crippen LogP contribution >= 0.6 is 0 Å². The molecule has 2 aliphatic heterocycles. The van der Waals surface area contributed by atoms with Crippen LogP contribution in [0.2, 0.25) is 0 Å². The third-order valence-electron chi connectivity index (χ3n) is 8.75. The highest BCUT2D eigenvalue weighted by atomic mass is 16.5. The number of carbonyl (C=O) groups excluding carboxylic acids is 2. The second-order valence-electron chi connectivity index (χ2n) is 11.4. The number of hydrogen-bond donors (Lipinski definition) is 0. The number of likely N-dealkylation sites (N-methyl/N-ethyl adjacent to an activating group) is 1. The summed E-state index contributed by atoms with van der Waals surface area (Å²) < 4.78 is 12.5. The molecule has 4 heterocycles. The third kappa shape index (κ3) is 5.92. The summed E-state index contributed by atoms with van der Waals surface area (Å²) in [7, 11) is 3.51. The number of aromatic nitrogens is 4. The molecule has 11 heteroatoms. The SMILES string of the molecule is COC(=O)Cc1ccc(-c2nc(N3CCOCC3)nc3c2cnn3C2CCC(C(=O)N3CCN(C)CC3)CC2)cc1.